The standard InChI is InChI=1S/C16H29N3/c1-3-5-6-7-10-18-11-8-16(9-12-18)19-14-15(4-2)13-17-19/h13-14,16H,3-12H2,1-2H3. The Hall–Kier alpha value is -0.830. The largest absolute Gasteiger partial charge is 0.303 e. The lowest BCUT2D eigenvalue weighted by atomic mass is 10.0. The van der Waals surface area contributed by atoms with Crippen LogP contribution in [0.15, 0.2) is 12.4 Å². The van der Waals surface area contributed by atoms with Crippen LogP contribution in [-0.4, -0.2) is 34.3 Å². The second-order valence-corrected chi connectivity index (χ2v) is 5.82. The summed E-state index contributed by atoms with van der Waals surface area (Å²) in [5, 5.41) is 4.52. The molecule has 0 unspecified atom stereocenters. The topological polar surface area (TPSA) is 21.1 Å². The highest BCUT2D eigenvalue weighted by Crippen LogP contribution is 2.22. The van der Waals surface area contributed by atoms with E-state index in [9.17, 15) is 0 Å². The first kappa shape index (κ1) is 14.6. The van der Waals surface area contributed by atoms with Gasteiger partial charge in [-0.3, -0.25) is 4.68 Å². The van der Waals surface area contributed by atoms with Crippen LogP contribution in [0.2, 0.25) is 0 Å². The van der Waals surface area contributed by atoms with Crippen molar-refractivity contribution in [1.29, 1.82) is 0 Å². The van der Waals surface area contributed by atoms with Crippen molar-refractivity contribution in [2.24, 2.45) is 0 Å². The van der Waals surface area contributed by atoms with Crippen molar-refractivity contribution >= 4 is 0 Å². The Morgan fingerprint density at radius 1 is 1.16 bits per heavy atom. The Morgan fingerprint density at radius 2 is 1.95 bits per heavy atom. The molecule has 0 bridgehead atoms. The van der Waals surface area contributed by atoms with Gasteiger partial charge in [0.1, 0.15) is 0 Å². The predicted octanol–water partition coefficient (Wildman–Crippen LogP) is 3.66. The summed E-state index contributed by atoms with van der Waals surface area (Å²) in [6.45, 7) is 8.27. The van der Waals surface area contributed by atoms with Gasteiger partial charge >= 0.3 is 0 Å². The van der Waals surface area contributed by atoms with E-state index in [-0.39, 0.29) is 0 Å². The fraction of sp³-hybridized carbons (Fsp3) is 0.812. The van der Waals surface area contributed by atoms with Crippen molar-refractivity contribution in [2.75, 3.05) is 19.6 Å². The second kappa shape index (κ2) is 7.68. The van der Waals surface area contributed by atoms with Crippen LogP contribution in [-0.2, 0) is 6.42 Å². The molecule has 0 atom stereocenters. The highest BCUT2D eigenvalue weighted by molar-refractivity contribution is 5.04. The van der Waals surface area contributed by atoms with E-state index >= 15 is 0 Å². The lowest BCUT2D eigenvalue weighted by Crippen LogP contribution is -2.35. The number of piperidine rings is 1. The molecule has 19 heavy (non-hydrogen) atoms. The SMILES string of the molecule is CCCCCCN1CCC(n2cc(CC)cn2)CC1. The van der Waals surface area contributed by atoms with Crippen LogP contribution in [0.4, 0.5) is 0 Å². The first-order chi connectivity index (χ1) is 9.33. The number of unbranched alkanes of at least 4 members (excludes halogenated alkanes) is 3. The molecule has 108 valence electrons. The minimum absolute atomic E-state index is 0.632. The van der Waals surface area contributed by atoms with Crippen molar-refractivity contribution in [2.45, 2.75) is 64.8 Å². The third-order valence-electron chi connectivity index (χ3n) is 4.32. The van der Waals surface area contributed by atoms with Gasteiger partial charge in [0, 0.05) is 19.3 Å². The minimum atomic E-state index is 0.632. The molecule has 1 fully saturated rings. The third kappa shape index (κ3) is 4.34. The van der Waals surface area contributed by atoms with Gasteiger partial charge in [0.05, 0.1) is 12.2 Å². The molecule has 3 heteroatoms. The molecule has 3 nitrogen and oxygen atoms in total. The maximum atomic E-state index is 4.52. The van der Waals surface area contributed by atoms with Crippen LogP contribution in [0.1, 0.15) is 64.0 Å². The van der Waals surface area contributed by atoms with Gasteiger partial charge < -0.3 is 4.90 Å². The number of hydrogen-bond acceptors (Lipinski definition) is 2. The molecule has 1 saturated heterocycles. The number of rotatable bonds is 7. The third-order valence-corrected chi connectivity index (χ3v) is 4.32. The number of nitrogens with zero attached hydrogens (tertiary/aromatic N) is 3. The average molecular weight is 263 g/mol. The van der Waals surface area contributed by atoms with Crippen molar-refractivity contribution < 1.29 is 0 Å². The molecule has 0 amide bonds. The van der Waals surface area contributed by atoms with E-state index in [2.05, 4.69) is 34.7 Å². The summed E-state index contributed by atoms with van der Waals surface area (Å²) in [5.74, 6) is 0. The maximum absolute atomic E-state index is 4.52. The Bertz CT molecular complexity index is 351. The van der Waals surface area contributed by atoms with E-state index in [0.29, 0.717) is 6.04 Å². The van der Waals surface area contributed by atoms with Crippen molar-refractivity contribution in [3.8, 4) is 0 Å². The summed E-state index contributed by atoms with van der Waals surface area (Å²) in [6.07, 6.45) is 13.4. The van der Waals surface area contributed by atoms with Crippen LogP contribution in [0, 0.1) is 0 Å². The molecule has 2 heterocycles. The van der Waals surface area contributed by atoms with Gasteiger partial charge in [-0.1, -0.05) is 33.1 Å². The zero-order valence-corrected chi connectivity index (χ0v) is 12.6. The molecular weight excluding hydrogens is 234 g/mol. The van der Waals surface area contributed by atoms with Gasteiger partial charge in [-0.15, -0.1) is 0 Å². The second-order valence-electron chi connectivity index (χ2n) is 5.82. The normalized spacial score (nSPS) is 18.0. The smallest absolute Gasteiger partial charge is 0.0543 e. The molecule has 0 saturated carbocycles. The first-order valence-electron chi connectivity index (χ1n) is 8.08. The minimum Gasteiger partial charge on any atom is -0.303 e. The molecule has 0 N–H and O–H groups in total. The van der Waals surface area contributed by atoms with E-state index in [1.54, 1.807) is 0 Å². The lowest BCUT2D eigenvalue weighted by molar-refractivity contribution is 0.177. The summed E-state index contributed by atoms with van der Waals surface area (Å²) >= 11 is 0. The van der Waals surface area contributed by atoms with E-state index in [1.807, 2.05) is 6.20 Å². The number of likely N-dealkylation sites (tertiary alicyclic amines) is 1. The summed E-state index contributed by atoms with van der Waals surface area (Å²) in [5.41, 5.74) is 1.36. The quantitative estimate of drug-likeness (QED) is 0.700. The van der Waals surface area contributed by atoms with Crippen LogP contribution in [0.3, 0.4) is 0 Å². The van der Waals surface area contributed by atoms with Crippen LogP contribution in [0.25, 0.3) is 0 Å². The van der Waals surface area contributed by atoms with Gasteiger partial charge in [0.15, 0.2) is 0 Å². The van der Waals surface area contributed by atoms with E-state index < -0.39 is 0 Å². The highest BCUT2D eigenvalue weighted by atomic mass is 15.3. The van der Waals surface area contributed by atoms with Gasteiger partial charge in [-0.2, -0.15) is 5.10 Å². The summed E-state index contributed by atoms with van der Waals surface area (Å²) in [4.78, 5) is 2.64. The summed E-state index contributed by atoms with van der Waals surface area (Å²) in [6, 6.07) is 0.632. The van der Waals surface area contributed by atoms with Crippen LogP contribution < -0.4 is 0 Å². The first-order valence-corrected chi connectivity index (χ1v) is 8.08. The maximum Gasteiger partial charge on any atom is 0.0543 e. The Balaban J connectivity index is 1.70. The van der Waals surface area contributed by atoms with Crippen molar-refractivity contribution in [3.63, 3.8) is 0 Å². The van der Waals surface area contributed by atoms with Crippen molar-refractivity contribution in [1.82, 2.24) is 14.7 Å². The molecule has 0 radical (unpaired) electrons. The van der Waals surface area contributed by atoms with Crippen LogP contribution >= 0.6 is 0 Å². The summed E-state index contributed by atoms with van der Waals surface area (Å²) < 4.78 is 2.20. The average Bonchev–Trinajstić information content (AvgIpc) is 2.93. The zero-order chi connectivity index (χ0) is 13.5. The zero-order valence-electron chi connectivity index (χ0n) is 12.6. The summed E-state index contributed by atoms with van der Waals surface area (Å²) in [7, 11) is 0. The fourth-order valence-corrected chi connectivity index (χ4v) is 2.93. The van der Waals surface area contributed by atoms with Gasteiger partial charge in [0.25, 0.3) is 0 Å². The molecule has 0 aliphatic carbocycles. The molecule has 0 aromatic carbocycles. The molecule has 1 aromatic rings. The van der Waals surface area contributed by atoms with E-state index in [0.717, 1.165) is 6.42 Å². The van der Waals surface area contributed by atoms with Crippen LogP contribution in [0.5, 0.6) is 0 Å². The molecule has 1 aliphatic heterocycles. The van der Waals surface area contributed by atoms with Crippen molar-refractivity contribution in [3.05, 3.63) is 18.0 Å². The van der Waals surface area contributed by atoms with Gasteiger partial charge in [0.2, 0.25) is 0 Å². The monoisotopic (exact) mass is 263 g/mol. The van der Waals surface area contributed by atoms with E-state index in [1.165, 1.54) is 63.7 Å². The van der Waals surface area contributed by atoms with Gasteiger partial charge in [-0.25, -0.2) is 0 Å². The number of aromatic nitrogens is 2. The Labute approximate surface area is 118 Å². The predicted molar refractivity (Wildman–Crippen MR) is 80.5 cm³/mol. The van der Waals surface area contributed by atoms with E-state index in [4.69, 9.17) is 0 Å². The number of hydrogen-bond donors (Lipinski definition) is 0. The molecule has 0 spiro atoms. The lowest BCUT2D eigenvalue weighted by Gasteiger charge is -2.32. The highest BCUT2D eigenvalue weighted by Gasteiger charge is 2.20. The molecule has 1 aromatic heterocycles. The Morgan fingerprint density at radius 3 is 2.58 bits per heavy atom. The molecule has 1 aliphatic rings. The van der Waals surface area contributed by atoms with Gasteiger partial charge in [-0.05, 0) is 37.8 Å². The number of aryl methyl sites for hydroxylation is 1. The fourth-order valence-electron chi connectivity index (χ4n) is 2.93. The molecule has 2 rings (SSSR count). The molecular formula is C16H29N3. The Kier molecular flexibility index (Phi) is 5.90.